The third-order valence-corrected chi connectivity index (χ3v) is 3.42. The molecule has 2 rings (SSSR count). The molecular weight excluding hydrogens is 255 g/mol. The minimum Gasteiger partial charge on any atom is -0.375 e. The number of hydrogen-bond donors (Lipinski definition) is 2. The molecule has 0 spiro atoms. The lowest BCUT2D eigenvalue weighted by Crippen LogP contribution is -2.33. The molecule has 2 aromatic rings. The van der Waals surface area contributed by atoms with Crippen LogP contribution in [0.3, 0.4) is 0 Å². The summed E-state index contributed by atoms with van der Waals surface area (Å²) >= 11 is 0. The van der Waals surface area contributed by atoms with Crippen molar-refractivity contribution in [2.45, 2.75) is 19.1 Å². The monoisotopic (exact) mass is 274 g/mol. The summed E-state index contributed by atoms with van der Waals surface area (Å²) in [5, 5.41) is 0. The van der Waals surface area contributed by atoms with Crippen LogP contribution in [0, 0.1) is 12.7 Å². The molecule has 0 fully saturated rings. The summed E-state index contributed by atoms with van der Waals surface area (Å²) in [6, 6.07) is 14.5. The summed E-state index contributed by atoms with van der Waals surface area (Å²) in [5.74, 6) is 5.41. The van der Waals surface area contributed by atoms with Crippen LogP contribution in [0.25, 0.3) is 0 Å². The number of methoxy groups -OCH3 is 1. The lowest BCUT2D eigenvalue weighted by molar-refractivity contribution is 0.0675. The number of rotatable bonds is 5. The minimum atomic E-state index is -0.322. The first-order chi connectivity index (χ1) is 9.67. The summed E-state index contributed by atoms with van der Waals surface area (Å²) in [4.78, 5) is 0. The Labute approximate surface area is 118 Å². The van der Waals surface area contributed by atoms with E-state index < -0.39 is 0 Å². The van der Waals surface area contributed by atoms with Gasteiger partial charge in [-0.05, 0) is 29.7 Å². The van der Waals surface area contributed by atoms with Gasteiger partial charge < -0.3 is 4.74 Å². The first-order valence-corrected chi connectivity index (χ1v) is 6.47. The molecule has 4 heteroatoms. The van der Waals surface area contributed by atoms with Crippen molar-refractivity contribution in [2.24, 2.45) is 5.84 Å². The number of ether oxygens (including phenoxy) is 1. The van der Waals surface area contributed by atoms with E-state index in [9.17, 15) is 4.39 Å². The number of nitrogens with two attached hydrogens (primary N) is 1. The van der Waals surface area contributed by atoms with E-state index in [-0.39, 0.29) is 18.0 Å². The number of halogens is 1. The Morgan fingerprint density at radius 3 is 2.35 bits per heavy atom. The number of nitrogens with one attached hydrogen (secondary N) is 1. The van der Waals surface area contributed by atoms with E-state index in [4.69, 9.17) is 10.6 Å². The number of benzene rings is 2. The highest BCUT2D eigenvalue weighted by Crippen LogP contribution is 2.31. The van der Waals surface area contributed by atoms with Crippen molar-refractivity contribution in [3.63, 3.8) is 0 Å². The van der Waals surface area contributed by atoms with Crippen molar-refractivity contribution in [3.05, 3.63) is 71.0 Å². The van der Waals surface area contributed by atoms with Crippen LogP contribution in [-0.2, 0) is 4.74 Å². The highest BCUT2D eigenvalue weighted by molar-refractivity contribution is 5.29. The maximum atomic E-state index is 13.7. The Morgan fingerprint density at radius 1 is 1.10 bits per heavy atom. The van der Waals surface area contributed by atoms with Crippen molar-refractivity contribution in [3.8, 4) is 0 Å². The van der Waals surface area contributed by atoms with Gasteiger partial charge in [-0.25, -0.2) is 9.82 Å². The van der Waals surface area contributed by atoms with E-state index >= 15 is 0 Å². The highest BCUT2D eigenvalue weighted by Gasteiger charge is 2.24. The van der Waals surface area contributed by atoms with E-state index in [2.05, 4.69) is 5.43 Å². The largest absolute Gasteiger partial charge is 0.375 e. The molecule has 0 aromatic heterocycles. The second kappa shape index (κ2) is 6.61. The second-order valence-corrected chi connectivity index (χ2v) is 4.72. The molecule has 2 unspecified atom stereocenters. The number of aryl methyl sites for hydroxylation is 1. The van der Waals surface area contributed by atoms with Crippen LogP contribution < -0.4 is 11.3 Å². The molecule has 106 valence electrons. The molecule has 0 saturated carbocycles. The normalized spacial score (nSPS) is 14.0. The summed E-state index contributed by atoms with van der Waals surface area (Å²) in [6.07, 6.45) is -0.289. The first kappa shape index (κ1) is 14.7. The van der Waals surface area contributed by atoms with Gasteiger partial charge in [-0.3, -0.25) is 5.84 Å². The van der Waals surface area contributed by atoms with E-state index in [1.54, 1.807) is 20.1 Å². The van der Waals surface area contributed by atoms with Crippen molar-refractivity contribution in [2.75, 3.05) is 7.11 Å². The number of hydrogen-bond acceptors (Lipinski definition) is 3. The number of hydrazine groups is 1. The molecule has 3 N–H and O–H groups in total. The van der Waals surface area contributed by atoms with Gasteiger partial charge in [-0.1, -0.05) is 42.5 Å². The first-order valence-electron chi connectivity index (χ1n) is 6.47. The Kier molecular flexibility index (Phi) is 4.84. The third-order valence-electron chi connectivity index (χ3n) is 3.42. The molecule has 20 heavy (non-hydrogen) atoms. The average molecular weight is 274 g/mol. The average Bonchev–Trinajstić information content (AvgIpc) is 2.48. The van der Waals surface area contributed by atoms with Gasteiger partial charge >= 0.3 is 0 Å². The van der Waals surface area contributed by atoms with Crippen molar-refractivity contribution in [1.29, 1.82) is 0 Å². The molecule has 0 aliphatic carbocycles. The van der Waals surface area contributed by atoms with Crippen LogP contribution in [0.5, 0.6) is 0 Å². The summed E-state index contributed by atoms with van der Waals surface area (Å²) in [7, 11) is 1.62. The van der Waals surface area contributed by atoms with Crippen molar-refractivity contribution in [1.82, 2.24) is 5.43 Å². The molecule has 0 radical (unpaired) electrons. The highest BCUT2D eigenvalue weighted by atomic mass is 19.1. The van der Waals surface area contributed by atoms with Crippen molar-refractivity contribution < 1.29 is 9.13 Å². The standard InChI is InChI=1S/C16H19FN2O/c1-11-8-9-13(10-14(11)17)15(19-18)16(20-2)12-6-4-3-5-7-12/h3-10,15-16,19H,18H2,1-2H3. The van der Waals surface area contributed by atoms with Gasteiger partial charge in [0.05, 0.1) is 6.04 Å². The molecule has 0 aliphatic rings. The zero-order valence-electron chi connectivity index (χ0n) is 11.6. The molecule has 3 nitrogen and oxygen atoms in total. The van der Waals surface area contributed by atoms with Gasteiger partial charge in [-0.2, -0.15) is 0 Å². The van der Waals surface area contributed by atoms with Crippen molar-refractivity contribution >= 4 is 0 Å². The van der Waals surface area contributed by atoms with E-state index in [1.807, 2.05) is 36.4 Å². The quantitative estimate of drug-likeness (QED) is 0.651. The molecule has 0 saturated heterocycles. The van der Waals surface area contributed by atoms with Crippen LogP contribution >= 0.6 is 0 Å². The fourth-order valence-corrected chi connectivity index (χ4v) is 2.27. The second-order valence-electron chi connectivity index (χ2n) is 4.72. The maximum absolute atomic E-state index is 13.7. The van der Waals surface area contributed by atoms with Gasteiger partial charge in [0.25, 0.3) is 0 Å². The Balaban J connectivity index is 2.36. The van der Waals surface area contributed by atoms with Crippen LogP contribution in [0.2, 0.25) is 0 Å². The summed E-state index contributed by atoms with van der Waals surface area (Å²) in [5.41, 5.74) is 5.07. The molecular formula is C16H19FN2O. The maximum Gasteiger partial charge on any atom is 0.126 e. The summed E-state index contributed by atoms with van der Waals surface area (Å²) < 4.78 is 19.3. The Bertz CT molecular complexity index is 560. The van der Waals surface area contributed by atoms with Gasteiger partial charge in [0.15, 0.2) is 0 Å². The Morgan fingerprint density at radius 2 is 1.80 bits per heavy atom. The zero-order chi connectivity index (χ0) is 14.5. The predicted octanol–water partition coefficient (Wildman–Crippen LogP) is 3.03. The molecule has 0 bridgehead atoms. The fraction of sp³-hybridized carbons (Fsp3) is 0.250. The van der Waals surface area contributed by atoms with E-state index in [1.165, 1.54) is 6.07 Å². The summed E-state index contributed by atoms with van der Waals surface area (Å²) in [6.45, 7) is 1.73. The van der Waals surface area contributed by atoms with Gasteiger partial charge in [-0.15, -0.1) is 0 Å². The van der Waals surface area contributed by atoms with Gasteiger partial charge in [0.1, 0.15) is 11.9 Å². The van der Waals surface area contributed by atoms with Gasteiger partial charge in [0.2, 0.25) is 0 Å². The third kappa shape index (κ3) is 3.04. The van der Waals surface area contributed by atoms with Crippen LogP contribution in [0.15, 0.2) is 48.5 Å². The lowest BCUT2D eigenvalue weighted by atomic mass is 9.95. The topological polar surface area (TPSA) is 47.3 Å². The molecule has 2 aromatic carbocycles. The van der Waals surface area contributed by atoms with Crippen LogP contribution in [-0.4, -0.2) is 7.11 Å². The molecule has 2 atom stereocenters. The van der Waals surface area contributed by atoms with Crippen LogP contribution in [0.4, 0.5) is 4.39 Å². The van der Waals surface area contributed by atoms with Gasteiger partial charge in [0, 0.05) is 7.11 Å². The Hall–Kier alpha value is -1.75. The molecule has 0 amide bonds. The molecule has 0 heterocycles. The molecule has 0 aliphatic heterocycles. The SMILES string of the molecule is COC(c1ccccc1)C(NN)c1ccc(C)c(F)c1. The predicted molar refractivity (Wildman–Crippen MR) is 77.4 cm³/mol. The van der Waals surface area contributed by atoms with E-state index in [0.29, 0.717) is 5.56 Å². The zero-order valence-corrected chi connectivity index (χ0v) is 11.6. The smallest absolute Gasteiger partial charge is 0.126 e. The van der Waals surface area contributed by atoms with Crippen LogP contribution in [0.1, 0.15) is 28.8 Å². The lowest BCUT2D eigenvalue weighted by Gasteiger charge is -2.26. The fourth-order valence-electron chi connectivity index (χ4n) is 2.27. The van der Waals surface area contributed by atoms with E-state index in [0.717, 1.165) is 11.1 Å². The minimum absolute atomic E-state index is 0.245.